The molecule has 3 aromatic carbocycles. The molecule has 0 saturated carbocycles. The number of carboxylic acid groups (broad SMARTS) is 6. The van der Waals surface area contributed by atoms with Gasteiger partial charge >= 0.3 is 35.8 Å². The molecule has 0 aliphatic heterocycles. The quantitative estimate of drug-likeness (QED) is 0.0119. The van der Waals surface area contributed by atoms with Crippen molar-refractivity contribution in [3.8, 4) is 29.8 Å². The minimum atomic E-state index is -1.54. The molecule has 0 spiro atoms. The van der Waals surface area contributed by atoms with Gasteiger partial charge in [-0.1, -0.05) is 20.8 Å². The van der Waals surface area contributed by atoms with E-state index in [1.165, 1.54) is 20.8 Å². The molecule has 0 aliphatic carbocycles. The standard InChI is InChI=1S/C57H46N18O18/c1-6-28-34(22-58)43(76)73(45(78)40(28)70-67-36-19-25(49(82)83)9-12-31(36)52(88)89)17-15-61-55-64-56(62-16-18-74-44(77)35(23-59)29(7-2)41(46(74)79)71-68-37-20-26(50(84)85)10-13-32(37)53(90)91)66-57(65-55)63-24(4)75-47(80)39(60-5)30(8-3)42(48(75)81)72-69-38-21-27(51(86)87)11-14-33(38)54(92)93/h9-14,19-21,78-79,81H,6-8,15-18H2,1-4H3,(H,82,83)(H,84,85)(H,86,87)(H,88,89)(H,90,91)(H,92,93)(H2,61,62,64,65,66). The van der Waals surface area contributed by atoms with Crippen LogP contribution in [0.5, 0.6) is 17.6 Å². The number of nitrogens with one attached hydrogen (secondary N) is 2. The summed E-state index contributed by atoms with van der Waals surface area (Å²) in [5, 5.41) is 142. The van der Waals surface area contributed by atoms with Crippen LogP contribution in [0.4, 0.5) is 57.7 Å². The highest BCUT2D eigenvalue weighted by Gasteiger charge is 2.27. The second kappa shape index (κ2) is 28.4. The highest BCUT2D eigenvalue weighted by Crippen LogP contribution is 2.39. The first-order chi connectivity index (χ1) is 44.2. The van der Waals surface area contributed by atoms with E-state index in [1.54, 1.807) is 12.1 Å². The van der Waals surface area contributed by atoms with Crippen molar-refractivity contribution in [2.75, 3.05) is 23.7 Å². The summed E-state index contributed by atoms with van der Waals surface area (Å²) in [4.78, 5) is 134. The number of aromatic carboxylic acids is 6. The third-order valence-corrected chi connectivity index (χ3v) is 13.5. The van der Waals surface area contributed by atoms with Crippen LogP contribution in [0.3, 0.4) is 0 Å². The lowest BCUT2D eigenvalue weighted by Crippen LogP contribution is -2.28. The number of carbonyl (C=O) groups is 6. The smallest absolute Gasteiger partial charge is 0.337 e. The van der Waals surface area contributed by atoms with Crippen molar-refractivity contribution in [3.05, 3.63) is 158 Å². The van der Waals surface area contributed by atoms with E-state index >= 15 is 0 Å². The van der Waals surface area contributed by atoms with Gasteiger partial charge in [0, 0.05) is 37.3 Å². The molecule has 7 rings (SSSR count). The Morgan fingerprint density at radius 3 is 1.19 bits per heavy atom. The van der Waals surface area contributed by atoms with Gasteiger partial charge in [-0.05, 0) is 86.3 Å². The molecule has 0 atom stereocenters. The van der Waals surface area contributed by atoms with Crippen LogP contribution in [0.2, 0.25) is 0 Å². The number of anilines is 2. The average Bonchev–Trinajstić information content (AvgIpc) is 0.789. The molecule has 472 valence electrons. The first-order valence-electron chi connectivity index (χ1n) is 26.8. The number of rotatable bonds is 24. The fraction of sp³-hybridized carbons (Fsp3) is 0.193. The largest absolute Gasteiger partial charge is 0.493 e. The maximum atomic E-state index is 14.1. The molecule has 0 saturated heterocycles. The number of azo groups is 3. The second-order valence-electron chi connectivity index (χ2n) is 18.9. The van der Waals surface area contributed by atoms with Crippen LogP contribution in [0.25, 0.3) is 4.85 Å². The molecule has 11 N–H and O–H groups in total. The van der Waals surface area contributed by atoms with E-state index in [0.717, 1.165) is 61.5 Å². The van der Waals surface area contributed by atoms with Crippen LogP contribution in [0.1, 0.15) is 118 Å². The maximum Gasteiger partial charge on any atom is 0.337 e. The first-order valence-corrected chi connectivity index (χ1v) is 26.8. The summed E-state index contributed by atoms with van der Waals surface area (Å²) in [7, 11) is 0. The molecule has 0 radical (unpaired) electrons. The Morgan fingerprint density at radius 1 is 0.527 bits per heavy atom. The Kier molecular flexibility index (Phi) is 20.4. The highest BCUT2D eigenvalue weighted by atomic mass is 16.4. The Labute approximate surface area is 519 Å². The molecule has 0 bridgehead atoms. The monoisotopic (exact) mass is 1270 g/mol. The molecule has 7 aromatic rings. The molecule has 4 aromatic heterocycles. The van der Waals surface area contributed by atoms with Crippen molar-refractivity contribution in [3.63, 3.8) is 0 Å². The number of nitrogens with zero attached hydrogens (tertiary/aromatic N) is 16. The number of aromatic hydroxyl groups is 3. The molecule has 93 heavy (non-hydrogen) atoms. The van der Waals surface area contributed by atoms with Gasteiger partial charge < -0.3 is 56.6 Å². The van der Waals surface area contributed by atoms with Crippen molar-refractivity contribution in [1.29, 1.82) is 10.5 Å². The molecular weight excluding hydrogens is 1220 g/mol. The highest BCUT2D eigenvalue weighted by molar-refractivity contribution is 5.99. The molecule has 0 amide bonds. The van der Waals surface area contributed by atoms with Crippen molar-refractivity contribution >= 4 is 99.3 Å². The molecule has 4 heterocycles. The van der Waals surface area contributed by atoms with E-state index in [9.17, 15) is 99.6 Å². The lowest BCUT2D eigenvalue weighted by Gasteiger charge is -2.16. The molecule has 0 fully saturated rings. The van der Waals surface area contributed by atoms with Crippen LogP contribution in [0, 0.1) is 29.2 Å². The van der Waals surface area contributed by atoms with E-state index in [1.807, 2.05) is 0 Å². The zero-order valence-electron chi connectivity index (χ0n) is 48.5. The first kappa shape index (κ1) is 66.8. The van der Waals surface area contributed by atoms with E-state index in [2.05, 4.69) is 66.1 Å². The molecule has 36 nitrogen and oxygen atoms in total. The van der Waals surface area contributed by atoms with Crippen LogP contribution < -0.4 is 27.3 Å². The van der Waals surface area contributed by atoms with E-state index in [-0.39, 0.29) is 47.1 Å². The fourth-order valence-corrected chi connectivity index (χ4v) is 8.99. The van der Waals surface area contributed by atoms with Crippen LogP contribution in [-0.4, -0.2) is 129 Å². The number of hydrogen-bond acceptors (Lipinski definition) is 26. The summed E-state index contributed by atoms with van der Waals surface area (Å²) in [6.07, 6.45) is -0.368. The minimum absolute atomic E-state index is 0.109. The van der Waals surface area contributed by atoms with Gasteiger partial charge in [-0.3, -0.25) is 23.5 Å². The lowest BCUT2D eigenvalue weighted by molar-refractivity contribution is 0.0682. The SMILES string of the molecule is [C-]#[N+]c1c(CC)c(N=Nc2cc(C(=O)O)ccc2C(=O)O)c(O)n(C(C)=Nc2nc(NCCn3c(O)c(N=Nc4cc(C(=O)O)ccc4C(=O)O)c(CC)c(C#N)c3=O)nc(NCCn3c(O)c(N=Nc4cc(C(=O)O)ccc4C(=O)O)c(CC)c(C#N)c3=O)n2)c1=O. The predicted octanol–water partition coefficient (Wildman–Crippen LogP) is 7.71. The van der Waals surface area contributed by atoms with Gasteiger partial charge in [-0.2, -0.15) is 30.5 Å². The number of carboxylic acids is 6. The van der Waals surface area contributed by atoms with Crippen molar-refractivity contribution < 1.29 is 74.7 Å². The third-order valence-electron chi connectivity index (χ3n) is 13.5. The molecular formula is C57H46N18O18. The third kappa shape index (κ3) is 14.0. The van der Waals surface area contributed by atoms with Gasteiger partial charge in [0.25, 0.3) is 28.3 Å². The maximum absolute atomic E-state index is 14.1. The van der Waals surface area contributed by atoms with Crippen LogP contribution in [-0.2, 0) is 32.4 Å². The normalized spacial score (nSPS) is 11.3. The Bertz CT molecular complexity index is 4600. The minimum Gasteiger partial charge on any atom is -0.493 e. The second-order valence-corrected chi connectivity index (χ2v) is 18.9. The van der Waals surface area contributed by atoms with Gasteiger partial charge in [0.05, 0.1) is 40.0 Å². The number of hydrogen-bond donors (Lipinski definition) is 11. The predicted molar refractivity (Wildman–Crippen MR) is 320 cm³/mol. The van der Waals surface area contributed by atoms with Gasteiger partial charge in [0.2, 0.25) is 29.5 Å². The van der Waals surface area contributed by atoms with Crippen LogP contribution >= 0.6 is 0 Å². The van der Waals surface area contributed by atoms with Gasteiger partial charge in [0.15, 0.2) is 11.4 Å². The van der Waals surface area contributed by atoms with Crippen molar-refractivity contribution in [1.82, 2.24) is 28.7 Å². The van der Waals surface area contributed by atoms with E-state index < -0.39 is 193 Å². The Balaban J connectivity index is 1.33. The van der Waals surface area contributed by atoms with Crippen LogP contribution in [0.15, 0.2) is 105 Å². The zero-order valence-corrected chi connectivity index (χ0v) is 48.5. The van der Waals surface area contributed by atoms with Crippen molar-refractivity contribution in [2.45, 2.75) is 60.0 Å². The average molecular weight is 1270 g/mol. The molecule has 36 heteroatoms. The number of aliphatic imine (C=N–C) groups is 1. The summed E-state index contributed by atoms with van der Waals surface area (Å²) in [5.41, 5.74) is -11.1. The molecule has 0 aliphatic rings. The summed E-state index contributed by atoms with van der Waals surface area (Å²) < 4.78 is 1.84. The van der Waals surface area contributed by atoms with Gasteiger partial charge in [-0.25, -0.2) is 38.2 Å². The summed E-state index contributed by atoms with van der Waals surface area (Å²) in [6.45, 7) is 11.5. The Morgan fingerprint density at radius 2 is 0.882 bits per heavy atom. The number of pyridine rings is 3. The summed E-state index contributed by atoms with van der Waals surface area (Å²) >= 11 is 0. The van der Waals surface area contributed by atoms with Gasteiger partial charge in [-0.15, -0.1) is 30.7 Å². The van der Waals surface area contributed by atoms with E-state index in [4.69, 9.17) is 6.57 Å². The number of nitriles is 2. The Hall–Kier alpha value is -13.7. The molecule has 0 unspecified atom stereocenters. The summed E-state index contributed by atoms with van der Waals surface area (Å²) in [6, 6.07) is 12.0. The number of aromatic nitrogens is 6. The summed E-state index contributed by atoms with van der Waals surface area (Å²) in [5.74, 6) is -13.8. The number of benzene rings is 3. The van der Waals surface area contributed by atoms with E-state index in [0.29, 0.717) is 13.7 Å². The zero-order chi connectivity index (χ0) is 68.3. The topological polar surface area (TPSA) is 552 Å². The van der Waals surface area contributed by atoms with Crippen molar-refractivity contribution in [2.24, 2.45) is 35.7 Å². The fourth-order valence-electron chi connectivity index (χ4n) is 8.99. The van der Waals surface area contributed by atoms with Gasteiger partial charge in [0.1, 0.15) is 51.9 Å². The lowest BCUT2D eigenvalue weighted by atomic mass is 10.1.